The van der Waals surface area contributed by atoms with Gasteiger partial charge in [-0.15, -0.1) is 0 Å². The summed E-state index contributed by atoms with van der Waals surface area (Å²) in [6, 6.07) is 0. The van der Waals surface area contributed by atoms with E-state index in [9.17, 15) is 9.13 Å². The third-order valence-electron chi connectivity index (χ3n) is 1.91. The van der Waals surface area contributed by atoms with Crippen LogP contribution in [0.5, 0.6) is 0 Å². The quantitative estimate of drug-likeness (QED) is 0.707. The molecule has 0 spiro atoms. The van der Waals surface area contributed by atoms with Crippen molar-refractivity contribution in [1.82, 2.24) is 0 Å². The predicted molar refractivity (Wildman–Crippen MR) is 64.3 cm³/mol. The molecule has 2 unspecified atom stereocenters. The molecule has 0 aromatic rings. The van der Waals surface area contributed by atoms with E-state index in [2.05, 4.69) is 0 Å². The third-order valence-corrected chi connectivity index (χ3v) is 8.55. The fourth-order valence-corrected chi connectivity index (χ4v) is 7.37. The fourth-order valence-electron chi connectivity index (χ4n) is 1.34. The van der Waals surface area contributed by atoms with Gasteiger partial charge in [-0.1, -0.05) is 20.8 Å². The van der Waals surface area contributed by atoms with E-state index in [1.165, 1.54) is 20.9 Å². The zero-order chi connectivity index (χ0) is 12.3. The molecule has 92 valence electrons. The van der Waals surface area contributed by atoms with Crippen molar-refractivity contribution in [3.63, 3.8) is 0 Å². The average Bonchev–Trinajstić information content (AvgIpc) is 2.00. The molecule has 0 bridgehead atoms. The van der Waals surface area contributed by atoms with E-state index < -0.39 is 14.7 Å². The van der Waals surface area contributed by atoms with Crippen molar-refractivity contribution in [1.29, 1.82) is 0 Å². The zero-order valence-corrected chi connectivity index (χ0v) is 12.2. The Bertz CT molecular complexity index is 293. The normalized spacial score (nSPS) is 20.7. The lowest BCUT2D eigenvalue weighted by Gasteiger charge is -2.26. The lowest BCUT2D eigenvalue weighted by molar-refractivity contribution is 0.364. The van der Waals surface area contributed by atoms with Gasteiger partial charge in [-0.25, -0.2) is 0 Å². The smallest absolute Gasteiger partial charge is 0.212 e. The lowest BCUT2D eigenvalue weighted by Crippen LogP contribution is -2.14. The summed E-state index contributed by atoms with van der Waals surface area (Å²) in [7, 11) is -2.86. The van der Waals surface area contributed by atoms with Crippen molar-refractivity contribution in [2.45, 2.75) is 20.8 Å². The molecular formula is C9H22O4P2. The molecule has 0 saturated heterocycles. The van der Waals surface area contributed by atoms with Crippen molar-refractivity contribution in [2.75, 3.05) is 32.9 Å². The standard InChI is InChI=1S/C9H22O4P2/c1-9(2,3)7-15(11,13-5)8-14(6,10)12-4/h7-8H2,1-6H3. The molecule has 0 aliphatic carbocycles. The largest absolute Gasteiger partial charge is 0.332 e. The van der Waals surface area contributed by atoms with Gasteiger partial charge >= 0.3 is 0 Å². The second kappa shape index (κ2) is 5.14. The molecule has 4 nitrogen and oxygen atoms in total. The molecule has 0 amide bonds. The summed E-state index contributed by atoms with van der Waals surface area (Å²) in [4.78, 5) is 0. The van der Waals surface area contributed by atoms with Gasteiger partial charge in [0.1, 0.15) is 5.90 Å². The Morgan fingerprint density at radius 1 is 1.07 bits per heavy atom. The molecule has 15 heavy (non-hydrogen) atoms. The second-order valence-corrected chi connectivity index (χ2v) is 10.9. The van der Waals surface area contributed by atoms with Gasteiger partial charge in [0.15, 0.2) is 0 Å². The van der Waals surface area contributed by atoms with Crippen LogP contribution in [0, 0.1) is 5.41 Å². The van der Waals surface area contributed by atoms with Gasteiger partial charge in [-0.05, 0) is 5.41 Å². The fraction of sp³-hybridized carbons (Fsp3) is 1.00. The molecule has 0 radical (unpaired) electrons. The Morgan fingerprint density at radius 2 is 1.53 bits per heavy atom. The van der Waals surface area contributed by atoms with Crippen LogP contribution in [0.1, 0.15) is 20.8 Å². The van der Waals surface area contributed by atoms with E-state index in [0.717, 1.165) is 0 Å². The summed E-state index contributed by atoms with van der Waals surface area (Å²) in [5, 5.41) is 0. The molecule has 0 aliphatic rings. The maximum absolute atomic E-state index is 12.3. The molecule has 0 rings (SSSR count). The molecule has 0 saturated carbocycles. The Hall–Kier alpha value is 0.380. The van der Waals surface area contributed by atoms with Gasteiger partial charge in [-0.2, -0.15) is 0 Å². The van der Waals surface area contributed by atoms with Gasteiger partial charge in [0.25, 0.3) is 0 Å². The second-order valence-electron chi connectivity index (χ2n) is 5.05. The van der Waals surface area contributed by atoms with Crippen LogP contribution in [0.4, 0.5) is 0 Å². The van der Waals surface area contributed by atoms with Crippen molar-refractivity contribution in [3.05, 3.63) is 0 Å². The van der Waals surface area contributed by atoms with Crippen LogP contribution in [0.2, 0.25) is 0 Å². The summed E-state index contributed by atoms with van der Waals surface area (Å²) in [5.41, 5.74) is -0.112. The first-order chi connectivity index (χ1) is 6.54. The number of rotatable bonds is 5. The van der Waals surface area contributed by atoms with Gasteiger partial charge in [0, 0.05) is 27.0 Å². The van der Waals surface area contributed by atoms with Crippen LogP contribution in [0.3, 0.4) is 0 Å². The first-order valence-corrected chi connectivity index (χ1v) is 9.05. The first-order valence-electron chi connectivity index (χ1n) is 4.80. The van der Waals surface area contributed by atoms with E-state index >= 15 is 0 Å². The van der Waals surface area contributed by atoms with E-state index in [4.69, 9.17) is 9.05 Å². The summed E-state index contributed by atoms with van der Waals surface area (Å²) >= 11 is 0. The highest BCUT2D eigenvalue weighted by atomic mass is 31.2. The molecule has 6 heteroatoms. The molecule has 0 aromatic carbocycles. The molecule has 0 N–H and O–H groups in total. The van der Waals surface area contributed by atoms with Gasteiger partial charge in [-0.3, -0.25) is 9.13 Å². The summed E-state index contributed by atoms with van der Waals surface area (Å²) < 4.78 is 34.0. The first kappa shape index (κ1) is 15.4. The van der Waals surface area contributed by atoms with Crippen molar-refractivity contribution in [3.8, 4) is 0 Å². The molecule has 0 aromatic heterocycles. The third kappa shape index (κ3) is 6.52. The molecule has 0 heterocycles. The summed E-state index contributed by atoms with van der Waals surface area (Å²) in [6.07, 6.45) is 0.414. The summed E-state index contributed by atoms with van der Waals surface area (Å²) in [5.74, 6) is 0.0181. The maximum Gasteiger partial charge on any atom is 0.212 e. The SMILES string of the molecule is COP(C)(=O)CP(=O)(CC(C)(C)C)OC. The Morgan fingerprint density at radius 3 is 1.80 bits per heavy atom. The Kier molecular flexibility index (Phi) is 5.27. The van der Waals surface area contributed by atoms with Crippen molar-refractivity contribution < 1.29 is 18.2 Å². The van der Waals surface area contributed by atoms with Crippen LogP contribution < -0.4 is 0 Å². The van der Waals surface area contributed by atoms with Gasteiger partial charge in [0.2, 0.25) is 14.7 Å². The Labute approximate surface area is 92.6 Å². The topological polar surface area (TPSA) is 52.6 Å². The highest BCUT2D eigenvalue weighted by Gasteiger charge is 2.34. The monoisotopic (exact) mass is 256 g/mol. The molecule has 0 fully saturated rings. The minimum Gasteiger partial charge on any atom is -0.332 e. The minimum atomic E-state index is -2.85. The van der Waals surface area contributed by atoms with Crippen LogP contribution in [0.25, 0.3) is 0 Å². The van der Waals surface area contributed by atoms with Crippen molar-refractivity contribution in [2.24, 2.45) is 5.41 Å². The van der Waals surface area contributed by atoms with E-state index in [-0.39, 0.29) is 11.3 Å². The zero-order valence-electron chi connectivity index (χ0n) is 10.4. The van der Waals surface area contributed by atoms with Crippen LogP contribution in [0.15, 0.2) is 0 Å². The lowest BCUT2D eigenvalue weighted by atomic mass is 10.0. The molecule has 2 atom stereocenters. The predicted octanol–water partition coefficient (Wildman–Crippen LogP) is 3.47. The highest BCUT2D eigenvalue weighted by molar-refractivity contribution is 7.75. The van der Waals surface area contributed by atoms with E-state index in [0.29, 0.717) is 6.16 Å². The van der Waals surface area contributed by atoms with Gasteiger partial charge in [0.05, 0.1) is 0 Å². The van der Waals surface area contributed by atoms with Crippen molar-refractivity contribution >= 4 is 14.7 Å². The average molecular weight is 256 g/mol. The highest BCUT2D eigenvalue weighted by Crippen LogP contribution is 2.62. The van der Waals surface area contributed by atoms with Gasteiger partial charge < -0.3 is 9.05 Å². The van der Waals surface area contributed by atoms with Crippen LogP contribution in [-0.4, -0.2) is 32.9 Å². The number of hydrogen-bond donors (Lipinski definition) is 0. The van der Waals surface area contributed by atoms with E-state index in [1.54, 1.807) is 0 Å². The Balaban J connectivity index is 4.75. The molecule has 0 aliphatic heterocycles. The summed E-state index contributed by atoms with van der Waals surface area (Å²) in [6.45, 7) is 7.42. The minimum absolute atomic E-state index is 0.0181. The van der Waals surface area contributed by atoms with E-state index in [1.807, 2.05) is 20.8 Å². The number of hydrogen-bond acceptors (Lipinski definition) is 4. The maximum atomic E-state index is 12.3. The van der Waals surface area contributed by atoms with Crippen LogP contribution >= 0.6 is 14.7 Å². The molecular weight excluding hydrogens is 234 g/mol. The van der Waals surface area contributed by atoms with Crippen LogP contribution in [-0.2, 0) is 18.2 Å².